The van der Waals surface area contributed by atoms with Crippen molar-refractivity contribution in [1.29, 1.82) is 0 Å². The smallest absolute Gasteiger partial charge is 1.00 e. The Hall–Kier alpha value is 3.52. The van der Waals surface area contributed by atoms with E-state index in [1.165, 1.54) is 0 Å². The molecule has 0 rings (SSSR count). The zero-order chi connectivity index (χ0) is 0. The van der Waals surface area contributed by atoms with Crippen molar-refractivity contribution in [3.8, 4) is 0 Å². The molecule has 5 heavy (non-hydrogen) atoms. The first-order valence-electron chi connectivity index (χ1n) is 0. The molecule has 0 N–H and O–H groups in total. The predicted molar refractivity (Wildman–Crippen MR) is 22.2 cm³/mol. The number of rotatable bonds is 0. The molecule has 0 aromatic rings. The van der Waals surface area contributed by atoms with Crippen LogP contribution in [-0.2, 0) is 38.1 Å². The van der Waals surface area contributed by atoms with Gasteiger partial charge in [0.25, 0.3) is 0 Å². The Balaban J connectivity index is 0. The van der Waals surface area contributed by atoms with Crippen molar-refractivity contribution in [2.24, 2.45) is 0 Å². The maximum atomic E-state index is 0. The molecule has 0 aliphatic carbocycles. The van der Waals surface area contributed by atoms with Gasteiger partial charge in [-0.05, 0) is 0 Å². The maximum absolute atomic E-state index is 0. The zero-order valence-corrected chi connectivity index (χ0v) is 15.2. The second kappa shape index (κ2) is 25.8. The third kappa shape index (κ3) is 18.5. The minimum absolute atomic E-state index is 0. The summed E-state index contributed by atoms with van der Waals surface area (Å²) in [7, 11) is 0. The standard InChI is InChI=1S/Bi.Fe.Mo.Na.H3P.4H/h;;;;1H3;;;;/q;;;+1;;;;;-1. The molecule has 5 heteroatoms. The van der Waals surface area contributed by atoms with Gasteiger partial charge in [0.15, 0.2) is 0 Å². The molecule has 0 aliphatic rings. The molecule has 32 valence electrons. The zero-order valence-electron chi connectivity index (χ0n) is 4.18. The van der Waals surface area contributed by atoms with Gasteiger partial charge in [0.2, 0.25) is 0 Å². The average molecular weight is 422 g/mol. The first-order chi connectivity index (χ1) is 0. The van der Waals surface area contributed by atoms with Crippen LogP contribution in [0.15, 0.2) is 0 Å². The van der Waals surface area contributed by atoms with Crippen LogP contribution >= 0.6 is 9.90 Å². The van der Waals surface area contributed by atoms with Crippen LogP contribution in [0.4, 0.5) is 0 Å². The maximum Gasteiger partial charge on any atom is 1.00 e. The summed E-state index contributed by atoms with van der Waals surface area (Å²) in [6.07, 6.45) is 0. The molecule has 0 bridgehead atoms. The van der Waals surface area contributed by atoms with Crippen molar-refractivity contribution >= 4 is 36.1 Å². The largest absolute Gasteiger partial charge is 1.00 e. The molecule has 0 radical (unpaired) electrons. The summed E-state index contributed by atoms with van der Waals surface area (Å²) in [5.41, 5.74) is 0. The van der Waals surface area contributed by atoms with Crippen molar-refractivity contribution in [2.45, 2.75) is 0 Å². The first-order valence-corrected chi connectivity index (χ1v) is 0. The summed E-state index contributed by atoms with van der Waals surface area (Å²) in [6.45, 7) is 0. The van der Waals surface area contributed by atoms with Crippen LogP contribution in [0.3, 0.4) is 0 Å². The molecule has 0 aromatic heterocycles. The summed E-state index contributed by atoms with van der Waals surface area (Å²) < 4.78 is 0. The van der Waals surface area contributed by atoms with Crippen LogP contribution in [0.2, 0.25) is 0 Å². The van der Waals surface area contributed by atoms with E-state index in [1.54, 1.807) is 0 Å². The third-order valence-corrected chi connectivity index (χ3v) is 0. The van der Waals surface area contributed by atoms with Crippen molar-refractivity contribution in [1.82, 2.24) is 0 Å². The van der Waals surface area contributed by atoms with E-state index in [0.717, 1.165) is 0 Å². The van der Waals surface area contributed by atoms with Gasteiger partial charge in [-0.15, -0.1) is 0 Å². The molecule has 0 heterocycles. The molecule has 0 nitrogen and oxygen atoms in total. The van der Waals surface area contributed by atoms with Gasteiger partial charge in [0.05, 0.1) is 0 Å². The van der Waals surface area contributed by atoms with E-state index in [0.29, 0.717) is 0 Å². The van der Waals surface area contributed by atoms with E-state index in [2.05, 4.69) is 0 Å². The van der Waals surface area contributed by atoms with Crippen LogP contribution in [-0.4, -0.2) is 26.2 Å². The summed E-state index contributed by atoms with van der Waals surface area (Å²) in [5.74, 6) is 0. The van der Waals surface area contributed by atoms with E-state index in [1.807, 2.05) is 0 Å². The fourth-order valence-corrected chi connectivity index (χ4v) is 0. The Morgan fingerprint density at radius 3 is 1.20 bits per heavy atom. The van der Waals surface area contributed by atoms with Gasteiger partial charge in [-0.2, -0.15) is 9.90 Å². The van der Waals surface area contributed by atoms with Crippen molar-refractivity contribution in [2.75, 3.05) is 0 Å². The Labute approximate surface area is 103 Å². The minimum atomic E-state index is 0. The van der Waals surface area contributed by atoms with Gasteiger partial charge < -0.3 is 1.43 Å². The topological polar surface area (TPSA) is 0 Å². The van der Waals surface area contributed by atoms with Gasteiger partial charge >= 0.3 is 55.8 Å². The second-order valence-electron chi connectivity index (χ2n) is 0. The number of hydrogen-bond acceptors (Lipinski definition) is 0. The van der Waals surface area contributed by atoms with Crippen LogP contribution in [0.1, 0.15) is 1.43 Å². The Morgan fingerprint density at radius 1 is 1.20 bits per heavy atom. The Bertz CT molecular complexity index is 15.5. The van der Waals surface area contributed by atoms with Gasteiger partial charge in [-0.25, -0.2) is 0 Å². The van der Waals surface area contributed by atoms with E-state index in [9.17, 15) is 0 Å². The third-order valence-electron chi connectivity index (χ3n) is 0. The quantitative estimate of drug-likeness (QED) is 0.276. The molecule has 0 saturated heterocycles. The average Bonchev–Trinajstić information content (AvgIpc) is 0. The summed E-state index contributed by atoms with van der Waals surface area (Å²) >= 11 is 0. The second-order valence-corrected chi connectivity index (χ2v) is 0. The minimum Gasteiger partial charge on any atom is -1.00 e. The van der Waals surface area contributed by atoms with E-state index in [-0.39, 0.29) is 105 Å². The van der Waals surface area contributed by atoms with Crippen molar-refractivity contribution in [3.05, 3.63) is 0 Å². The molecule has 0 saturated carbocycles. The molecule has 0 aliphatic heterocycles. The predicted octanol–water partition coefficient (Wildman–Crippen LogP) is -4.01. The molecule has 0 aromatic carbocycles. The Morgan fingerprint density at radius 2 is 1.20 bits per heavy atom. The van der Waals surface area contributed by atoms with Crippen molar-refractivity contribution in [3.63, 3.8) is 0 Å². The molecular weight excluding hydrogens is 415 g/mol. The molecule has 1 unspecified atom stereocenters. The van der Waals surface area contributed by atoms with Crippen LogP contribution in [0.5, 0.6) is 0 Å². The molecule has 0 amide bonds. The van der Waals surface area contributed by atoms with Crippen LogP contribution in [0.25, 0.3) is 0 Å². The summed E-state index contributed by atoms with van der Waals surface area (Å²) in [6, 6.07) is 0. The number of hydrogen-bond donors (Lipinski definition) is 0. The normalized spacial score (nSPS) is 0. The summed E-state index contributed by atoms with van der Waals surface area (Å²) in [5, 5.41) is 0. The van der Waals surface area contributed by atoms with E-state index < -0.39 is 0 Å². The van der Waals surface area contributed by atoms with Gasteiger partial charge in [-0.3, -0.25) is 0 Å². The van der Waals surface area contributed by atoms with Crippen LogP contribution < -0.4 is 29.6 Å². The van der Waals surface area contributed by atoms with Gasteiger partial charge in [0, 0.05) is 38.1 Å². The molecule has 1 atom stereocenters. The van der Waals surface area contributed by atoms with Gasteiger partial charge in [-0.1, -0.05) is 0 Å². The van der Waals surface area contributed by atoms with E-state index >= 15 is 0 Å². The van der Waals surface area contributed by atoms with Gasteiger partial charge in [0.1, 0.15) is 0 Å². The van der Waals surface area contributed by atoms with E-state index in [4.69, 9.17) is 0 Å². The molecular formula is H7BiFeMoNaP. The fraction of sp³-hybridized carbons (Fsp3) is 0. The monoisotopic (exact) mass is 424 g/mol. The van der Waals surface area contributed by atoms with Crippen LogP contribution in [0, 0.1) is 0 Å². The first kappa shape index (κ1) is 38.9. The molecule has 0 spiro atoms. The summed E-state index contributed by atoms with van der Waals surface area (Å²) in [4.78, 5) is 0. The fourth-order valence-electron chi connectivity index (χ4n) is 0. The Kier molecular flexibility index (Phi) is 201. The van der Waals surface area contributed by atoms with Crippen molar-refractivity contribution < 1.29 is 69.1 Å². The SMILES string of the molecule is P.[BiH3].[Fe].[H-].[Mo].[Na+]. The molecule has 0 fully saturated rings.